The Labute approximate surface area is 225 Å². The Morgan fingerprint density at radius 3 is 2.57 bits per heavy atom. The van der Waals surface area contributed by atoms with Crippen molar-refractivity contribution in [3.63, 3.8) is 0 Å². The van der Waals surface area contributed by atoms with Gasteiger partial charge in [-0.2, -0.15) is 16.9 Å². The van der Waals surface area contributed by atoms with Gasteiger partial charge in [0.05, 0.1) is 55.7 Å². The van der Waals surface area contributed by atoms with Gasteiger partial charge in [0.25, 0.3) is 0 Å². The molecule has 208 valence electrons. The Bertz CT molecular complexity index is 956. The van der Waals surface area contributed by atoms with E-state index in [0.717, 1.165) is 52.0 Å². The van der Waals surface area contributed by atoms with E-state index in [0.29, 0.717) is 12.3 Å². The highest BCUT2D eigenvalue weighted by Crippen LogP contribution is 2.69. The summed E-state index contributed by atoms with van der Waals surface area (Å²) in [6.45, 7) is 12.6. The summed E-state index contributed by atoms with van der Waals surface area (Å²) in [5.41, 5.74) is 0.578. The number of rotatable bonds is 2. The molecule has 3 saturated heterocycles. The van der Waals surface area contributed by atoms with Crippen LogP contribution in [0.3, 0.4) is 0 Å². The fourth-order valence-corrected chi connectivity index (χ4v) is 10.4. The van der Waals surface area contributed by atoms with Gasteiger partial charge in [-0.1, -0.05) is 27.7 Å². The molecule has 3 heterocycles. The molecule has 3 aliphatic heterocycles. The quantitative estimate of drug-likeness (QED) is 0.499. The van der Waals surface area contributed by atoms with Crippen molar-refractivity contribution in [2.24, 2.45) is 45.5 Å². The monoisotopic (exact) mass is 535 g/mol. The summed E-state index contributed by atoms with van der Waals surface area (Å²) in [5.74, 6) is -0.192. The molecule has 0 aromatic heterocycles. The van der Waals surface area contributed by atoms with Crippen LogP contribution in [0, 0.1) is 40.4 Å². The summed E-state index contributed by atoms with van der Waals surface area (Å²) in [6.07, 6.45) is 4.71. The van der Waals surface area contributed by atoms with E-state index in [1.165, 1.54) is 5.71 Å². The van der Waals surface area contributed by atoms with Crippen molar-refractivity contribution in [2.45, 2.75) is 89.1 Å². The Balaban J connectivity index is 1.43. The Hall–Kier alpha value is -0.870. The first-order valence-corrected chi connectivity index (χ1v) is 15.6. The number of thioether (sulfide) groups is 1. The van der Waals surface area contributed by atoms with Crippen LogP contribution >= 0.6 is 11.8 Å². The molecule has 11 atom stereocenters. The minimum atomic E-state index is -0.913. The molecule has 6 aliphatic rings. The highest BCUT2D eigenvalue weighted by Gasteiger charge is 2.72. The van der Waals surface area contributed by atoms with Gasteiger partial charge < -0.3 is 25.0 Å². The molecule has 11 unspecified atom stereocenters. The van der Waals surface area contributed by atoms with Gasteiger partial charge in [-0.05, 0) is 55.6 Å². The van der Waals surface area contributed by atoms with Crippen LogP contribution in [0.2, 0.25) is 0 Å². The van der Waals surface area contributed by atoms with E-state index in [9.17, 15) is 15.0 Å². The molecule has 1 amide bonds. The van der Waals surface area contributed by atoms with Crippen LogP contribution in [0.15, 0.2) is 5.10 Å². The summed E-state index contributed by atoms with van der Waals surface area (Å²) in [5, 5.41) is 32.7. The maximum absolute atomic E-state index is 12.7. The highest BCUT2D eigenvalue weighted by atomic mass is 32.2. The fourth-order valence-electron chi connectivity index (χ4n) is 9.41. The van der Waals surface area contributed by atoms with Gasteiger partial charge in [0, 0.05) is 22.5 Å². The van der Waals surface area contributed by atoms with Crippen LogP contribution in [0.25, 0.3) is 0 Å². The molecule has 0 aromatic rings. The highest BCUT2D eigenvalue weighted by molar-refractivity contribution is 7.99. The lowest BCUT2D eigenvalue weighted by Crippen LogP contribution is -2.74. The predicted molar refractivity (Wildman–Crippen MR) is 143 cm³/mol. The van der Waals surface area contributed by atoms with Crippen LogP contribution < -0.4 is 5.32 Å². The number of aliphatic hydroxyl groups is 2. The molecule has 6 fully saturated rings. The van der Waals surface area contributed by atoms with E-state index in [4.69, 9.17) is 14.6 Å². The van der Waals surface area contributed by atoms with Crippen molar-refractivity contribution in [1.82, 2.24) is 10.3 Å². The molecule has 8 nitrogen and oxygen atoms in total. The number of hydrogen-bond donors (Lipinski definition) is 3. The Morgan fingerprint density at radius 1 is 1.14 bits per heavy atom. The van der Waals surface area contributed by atoms with Gasteiger partial charge in [0.1, 0.15) is 6.23 Å². The Morgan fingerprint density at radius 2 is 1.86 bits per heavy atom. The molecule has 3 saturated carbocycles. The minimum absolute atomic E-state index is 0.0697. The number of carbonyl (C=O) groups excluding carboxylic acids is 1. The summed E-state index contributed by atoms with van der Waals surface area (Å²) >= 11 is 1.87. The van der Waals surface area contributed by atoms with Crippen molar-refractivity contribution >= 4 is 23.4 Å². The molecular formula is C28H45N3O5S. The first-order valence-electron chi connectivity index (χ1n) is 14.3. The van der Waals surface area contributed by atoms with Gasteiger partial charge in [-0.25, -0.2) is 0 Å². The number of morpholine rings is 1. The van der Waals surface area contributed by atoms with E-state index >= 15 is 0 Å². The van der Waals surface area contributed by atoms with Crippen molar-refractivity contribution < 1.29 is 24.5 Å². The zero-order valence-electron chi connectivity index (χ0n) is 23.0. The second kappa shape index (κ2) is 9.08. The summed E-state index contributed by atoms with van der Waals surface area (Å²) in [6, 6.07) is 0. The van der Waals surface area contributed by atoms with E-state index in [1.54, 1.807) is 0 Å². The molecule has 0 radical (unpaired) electrons. The van der Waals surface area contributed by atoms with Crippen LogP contribution in [0.5, 0.6) is 0 Å². The number of hydrazone groups is 1. The SMILES string of the molecule is CSC1CC23OC4C(CC2(C)C(C)CCC3C(C)(C)C1=NN1CCOCC1)C(O)CC1C(=O)NC(O)C14. The zero-order chi connectivity index (χ0) is 26.3. The van der Waals surface area contributed by atoms with Crippen molar-refractivity contribution in [2.75, 3.05) is 32.6 Å². The normalized spacial score (nSPS) is 52.1. The predicted octanol–water partition coefficient (Wildman–Crippen LogP) is 2.48. The standard InChI is InChI=1S/C28H45N3O5S/c1-15-6-7-20-26(2,3)23(30-31-8-10-35-11-9-31)19(37-5)14-28(20)27(15,4)13-17-18(32)12-16-21(22(17)36-28)25(34)29-24(16)33/h15-22,25,32,34H,6-14H2,1-5H3,(H,29,33). The molecule has 3 aliphatic carbocycles. The number of carbonyl (C=O) groups is 1. The first kappa shape index (κ1) is 26.4. The molecule has 0 bridgehead atoms. The molecule has 1 spiro atoms. The molecular weight excluding hydrogens is 490 g/mol. The largest absolute Gasteiger partial charge is 0.393 e. The lowest BCUT2D eigenvalue weighted by atomic mass is 9.42. The van der Waals surface area contributed by atoms with Crippen molar-refractivity contribution in [3.8, 4) is 0 Å². The average Bonchev–Trinajstić information content (AvgIpc) is 3.14. The third kappa shape index (κ3) is 3.70. The van der Waals surface area contributed by atoms with Gasteiger partial charge in [0.15, 0.2) is 0 Å². The van der Waals surface area contributed by atoms with Gasteiger partial charge in [0.2, 0.25) is 5.91 Å². The molecule has 6 rings (SSSR count). The molecule has 0 aromatic carbocycles. The molecule has 3 N–H and O–H groups in total. The second-order valence-electron chi connectivity index (χ2n) is 13.4. The lowest BCUT2D eigenvalue weighted by Gasteiger charge is -2.70. The maximum atomic E-state index is 12.7. The number of aliphatic hydroxyl groups excluding tert-OH is 2. The topological polar surface area (TPSA) is 104 Å². The summed E-state index contributed by atoms with van der Waals surface area (Å²) < 4.78 is 13.0. The van der Waals surface area contributed by atoms with Crippen molar-refractivity contribution in [3.05, 3.63) is 0 Å². The smallest absolute Gasteiger partial charge is 0.225 e. The summed E-state index contributed by atoms with van der Waals surface area (Å²) in [7, 11) is 0. The lowest BCUT2D eigenvalue weighted by molar-refractivity contribution is -0.323. The number of nitrogens with zero attached hydrogens (tertiary/aromatic N) is 2. The van der Waals surface area contributed by atoms with Crippen molar-refractivity contribution in [1.29, 1.82) is 0 Å². The number of fused-ring (bicyclic) bond motifs is 3. The minimum Gasteiger partial charge on any atom is -0.393 e. The fraction of sp³-hybridized carbons (Fsp3) is 0.929. The third-order valence-electron chi connectivity index (χ3n) is 11.6. The van der Waals surface area contributed by atoms with E-state index in [2.05, 4.69) is 44.3 Å². The number of amides is 1. The van der Waals surface area contributed by atoms with E-state index in [-0.39, 0.29) is 45.8 Å². The number of nitrogens with one attached hydrogen (secondary N) is 1. The second-order valence-corrected chi connectivity index (χ2v) is 14.5. The van der Waals surface area contributed by atoms with Gasteiger partial charge in [-0.15, -0.1) is 0 Å². The molecule has 37 heavy (non-hydrogen) atoms. The summed E-state index contributed by atoms with van der Waals surface area (Å²) in [4.78, 5) is 12.7. The number of ether oxygens (including phenoxy) is 2. The number of hydrogen-bond acceptors (Lipinski definition) is 8. The van der Waals surface area contributed by atoms with Crippen LogP contribution in [-0.2, 0) is 14.3 Å². The Kier molecular flexibility index (Phi) is 6.47. The van der Waals surface area contributed by atoms with Crippen LogP contribution in [0.4, 0.5) is 0 Å². The molecule has 9 heteroatoms. The van der Waals surface area contributed by atoms with E-state index in [1.807, 2.05) is 11.8 Å². The zero-order valence-corrected chi connectivity index (χ0v) is 23.8. The average molecular weight is 536 g/mol. The third-order valence-corrected chi connectivity index (χ3v) is 12.6. The van der Waals surface area contributed by atoms with Crippen LogP contribution in [-0.4, -0.2) is 88.7 Å². The first-order chi connectivity index (χ1) is 17.5. The van der Waals surface area contributed by atoms with Crippen LogP contribution in [0.1, 0.15) is 59.8 Å². The van der Waals surface area contributed by atoms with E-state index < -0.39 is 23.9 Å². The van der Waals surface area contributed by atoms with Gasteiger partial charge >= 0.3 is 0 Å². The maximum Gasteiger partial charge on any atom is 0.225 e. The van der Waals surface area contributed by atoms with Gasteiger partial charge in [-0.3, -0.25) is 9.80 Å².